The van der Waals surface area contributed by atoms with Gasteiger partial charge in [0.1, 0.15) is 0 Å². The Morgan fingerprint density at radius 3 is 2.60 bits per heavy atom. The van der Waals surface area contributed by atoms with Crippen molar-refractivity contribution in [2.45, 2.75) is 31.7 Å². The number of aryl methyl sites for hydroxylation is 3. The summed E-state index contributed by atoms with van der Waals surface area (Å²) in [6, 6.07) is 14.6. The number of benzene rings is 2. The van der Waals surface area contributed by atoms with Gasteiger partial charge in [-0.25, -0.2) is 5.10 Å². The van der Waals surface area contributed by atoms with Gasteiger partial charge in [0.2, 0.25) is 9.93 Å². The van der Waals surface area contributed by atoms with Crippen LogP contribution in [0.1, 0.15) is 27.8 Å². The Bertz CT molecular complexity index is 955. The molecule has 0 atom stereocenters. The molecule has 0 amide bonds. The molecule has 1 N–H and O–H groups in total. The standard InChI is InChI=1S/C19H20N4S2/c1-13-9-15(3)17(10-14(13)2)11-20-23-18(24)21-22-19(23)25-12-16-7-5-4-6-8-16/h4-11H,12H2,1-3H3,(H,21,24)/b20-11-. The Morgan fingerprint density at radius 2 is 1.84 bits per heavy atom. The van der Waals surface area contributed by atoms with Crippen LogP contribution in [-0.2, 0) is 5.75 Å². The van der Waals surface area contributed by atoms with Crippen LogP contribution >= 0.6 is 24.0 Å². The molecule has 0 spiro atoms. The molecule has 2 aromatic carbocycles. The van der Waals surface area contributed by atoms with Crippen LogP contribution in [0.2, 0.25) is 0 Å². The Hall–Kier alpha value is -2.18. The first-order valence-corrected chi connectivity index (χ1v) is 9.40. The highest BCUT2D eigenvalue weighted by atomic mass is 32.2. The summed E-state index contributed by atoms with van der Waals surface area (Å²) in [6.07, 6.45) is 1.85. The van der Waals surface area contributed by atoms with Crippen LogP contribution in [0.5, 0.6) is 0 Å². The third kappa shape index (κ3) is 4.27. The number of hydrogen-bond donors (Lipinski definition) is 1. The molecule has 0 aliphatic carbocycles. The maximum Gasteiger partial charge on any atom is 0.217 e. The number of aromatic amines is 1. The first kappa shape index (κ1) is 17.6. The van der Waals surface area contributed by atoms with E-state index in [1.54, 1.807) is 16.4 Å². The molecule has 3 aromatic rings. The fourth-order valence-corrected chi connectivity index (χ4v) is 3.53. The number of H-pyrrole nitrogens is 1. The molecular weight excluding hydrogens is 348 g/mol. The summed E-state index contributed by atoms with van der Waals surface area (Å²) in [5.74, 6) is 0.818. The zero-order valence-electron chi connectivity index (χ0n) is 14.5. The number of rotatable bonds is 5. The summed E-state index contributed by atoms with van der Waals surface area (Å²) < 4.78 is 2.17. The topological polar surface area (TPSA) is 46.0 Å². The predicted octanol–water partition coefficient (Wildman–Crippen LogP) is 5.04. The van der Waals surface area contributed by atoms with Gasteiger partial charge in [0.25, 0.3) is 0 Å². The lowest BCUT2D eigenvalue weighted by Gasteiger charge is -2.06. The highest BCUT2D eigenvalue weighted by molar-refractivity contribution is 7.98. The average Bonchev–Trinajstić information content (AvgIpc) is 2.96. The summed E-state index contributed by atoms with van der Waals surface area (Å²) in [5.41, 5.74) is 6.06. The van der Waals surface area contributed by atoms with Crippen LogP contribution in [0, 0.1) is 25.5 Å². The van der Waals surface area contributed by atoms with E-state index in [4.69, 9.17) is 12.2 Å². The molecule has 3 rings (SSSR count). The predicted molar refractivity (Wildman–Crippen MR) is 107 cm³/mol. The molecule has 4 nitrogen and oxygen atoms in total. The lowest BCUT2D eigenvalue weighted by Crippen LogP contribution is -1.97. The van der Waals surface area contributed by atoms with Gasteiger partial charge in [0, 0.05) is 5.75 Å². The summed E-state index contributed by atoms with van der Waals surface area (Å²) in [5, 5.41) is 12.4. The lowest BCUT2D eigenvalue weighted by atomic mass is 10.0. The molecule has 0 fully saturated rings. The molecule has 1 aromatic heterocycles. The van der Waals surface area contributed by atoms with Crippen molar-refractivity contribution in [3.8, 4) is 0 Å². The van der Waals surface area contributed by atoms with Gasteiger partial charge in [-0.05, 0) is 66.9 Å². The zero-order chi connectivity index (χ0) is 17.8. The molecule has 0 saturated heterocycles. The molecule has 0 saturated carbocycles. The van der Waals surface area contributed by atoms with Crippen LogP contribution in [0.3, 0.4) is 0 Å². The number of nitrogens with one attached hydrogen (secondary N) is 1. The Balaban J connectivity index is 1.82. The van der Waals surface area contributed by atoms with Crippen molar-refractivity contribution in [3.63, 3.8) is 0 Å². The molecule has 0 aliphatic rings. The van der Waals surface area contributed by atoms with Gasteiger partial charge in [-0.15, -0.1) is 5.10 Å². The Kier molecular flexibility index (Phi) is 5.50. The van der Waals surface area contributed by atoms with E-state index in [1.807, 2.05) is 24.4 Å². The van der Waals surface area contributed by atoms with Crippen LogP contribution in [-0.4, -0.2) is 21.1 Å². The quantitative estimate of drug-likeness (QED) is 0.390. The van der Waals surface area contributed by atoms with Crippen molar-refractivity contribution in [2.24, 2.45) is 5.10 Å². The number of hydrogen-bond acceptors (Lipinski definition) is 4. The van der Waals surface area contributed by atoms with E-state index in [9.17, 15) is 0 Å². The van der Waals surface area contributed by atoms with Gasteiger partial charge >= 0.3 is 0 Å². The monoisotopic (exact) mass is 368 g/mol. The summed E-state index contributed by atoms with van der Waals surface area (Å²) in [7, 11) is 0. The van der Waals surface area contributed by atoms with Crippen molar-refractivity contribution in [1.82, 2.24) is 14.9 Å². The molecule has 6 heteroatoms. The maximum atomic E-state index is 5.32. The van der Waals surface area contributed by atoms with E-state index in [-0.39, 0.29) is 0 Å². The van der Waals surface area contributed by atoms with Crippen LogP contribution in [0.15, 0.2) is 52.7 Å². The van der Waals surface area contributed by atoms with E-state index in [0.29, 0.717) is 4.77 Å². The summed E-state index contributed by atoms with van der Waals surface area (Å²) in [6.45, 7) is 6.32. The molecule has 0 bridgehead atoms. The van der Waals surface area contributed by atoms with Crippen molar-refractivity contribution >= 4 is 30.2 Å². The minimum absolute atomic E-state index is 0.494. The number of aromatic nitrogens is 3. The third-order valence-corrected chi connectivity index (χ3v) is 5.29. The fourth-order valence-electron chi connectivity index (χ4n) is 2.44. The minimum atomic E-state index is 0.494. The second-order valence-corrected chi connectivity index (χ2v) is 7.26. The largest absolute Gasteiger partial charge is 0.249 e. The smallest absolute Gasteiger partial charge is 0.217 e. The van der Waals surface area contributed by atoms with E-state index >= 15 is 0 Å². The highest BCUT2D eigenvalue weighted by Gasteiger charge is 2.07. The van der Waals surface area contributed by atoms with E-state index < -0.39 is 0 Å². The Labute approximate surface area is 157 Å². The second-order valence-electron chi connectivity index (χ2n) is 5.94. The van der Waals surface area contributed by atoms with Gasteiger partial charge in [-0.2, -0.15) is 9.78 Å². The zero-order valence-corrected chi connectivity index (χ0v) is 16.1. The van der Waals surface area contributed by atoms with Crippen molar-refractivity contribution in [3.05, 3.63) is 75.1 Å². The molecule has 1 heterocycles. The minimum Gasteiger partial charge on any atom is -0.249 e. The van der Waals surface area contributed by atoms with Crippen LogP contribution in [0.25, 0.3) is 0 Å². The van der Waals surface area contributed by atoms with E-state index in [2.05, 4.69) is 60.3 Å². The normalized spacial score (nSPS) is 11.3. The number of thioether (sulfide) groups is 1. The SMILES string of the molecule is Cc1cc(C)c(/C=N\n2c(SCc3ccccc3)n[nH]c2=S)cc1C. The van der Waals surface area contributed by atoms with Crippen molar-refractivity contribution in [1.29, 1.82) is 0 Å². The number of nitrogens with zero attached hydrogens (tertiary/aromatic N) is 3. The highest BCUT2D eigenvalue weighted by Crippen LogP contribution is 2.21. The molecular formula is C19H20N4S2. The molecule has 25 heavy (non-hydrogen) atoms. The van der Waals surface area contributed by atoms with Gasteiger partial charge in [0.15, 0.2) is 0 Å². The summed E-state index contributed by atoms with van der Waals surface area (Å²) in [4.78, 5) is 0. The molecule has 128 valence electrons. The lowest BCUT2D eigenvalue weighted by molar-refractivity contribution is 0.758. The van der Waals surface area contributed by atoms with Crippen LogP contribution < -0.4 is 0 Å². The van der Waals surface area contributed by atoms with Gasteiger partial charge < -0.3 is 0 Å². The fraction of sp³-hybridized carbons (Fsp3) is 0.211. The van der Waals surface area contributed by atoms with E-state index in [0.717, 1.165) is 16.5 Å². The van der Waals surface area contributed by atoms with E-state index in [1.165, 1.54) is 22.3 Å². The Morgan fingerprint density at radius 1 is 1.12 bits per heavy atom. The summed E-state index contributed by atoms with van der Waals surface area (Å²) >= 11 is 6.92. The molecule has 0 aliphatic heterocycles. The molecule has 0 radical (unpaired) electrons. The van der Waals surface area contributed by atoms with Crippen molar-refractivity contribution < 1.29 is 0 Å². The first-order valence-electron chi connectivity index (χ1n) is 8.01. The van der Waals surface area contributed by atoms with Crippen molar-refractivity contribution in [2.75, 3.05) is 0 Å². The van der Waals surface area contributed by atoms with Gasteiger partial charge in [0.05, 0.1) is 6.21 Å². The first-order chi connectivity index (χ1) is 12.0. The molecule has 0 unspecified atom stereocenters. The second kappa shape index (κ2) is 7.80. The van der Waals surface area contributed by atoms with Crippen LogP contribution in [0.4, 0.5) is 0 Å². The van der Waals surface area contributed by atoms with Gasteiger partial charge in [-0.1, -0.05) is 48.2 Å². The maximum absolute atomic E-state index is 5.32. The average molecular weight is 369 g/mol. The van der Waals surface area contributed by atoms with Gasteiger partial charge in [-0.3, -0.25) is 0 Å². The third-order valence-electron chi connectivity index (χ3n) is 4.03.